The minimum Gasteiger partial charge on any atom is -0.469 e. The van der Waals surface area contributed by atoms with E-state index in [1.807, 2.05) is 60.7 Å². The molecule has 4 aromatic rings. The zero-order valence-corrected chi connectivity index (χ0v) is 27.7. The molecule has 248 valence electrons. The SMILES string of the molecule is COC(=O)Cc1cccc(NC(=O)NCC(=O)Nc2cccc(SCC(=O)N(C)c3ccccc3)c2CC(=O)N(C)c2ccccc2)c1. The summed E-state index contributed by atoms with van der Waals surface area (Å²) in [6.07, 6.45) is -0.0000168. The van der Waals surface area contributed by atoms with E-state index in [0.29, 0.717) is 33.1 Å². The number of hydrogen-bond acceptors (Lipinski definition) is 7. The van der Waals surface area contributed by atoms with Crippen molar-refractivity contribution in [2.45, 2.75) is 17.7 Å². The van der Waals surface area contributed by atoms with Gasteiger partial charge in [0.15, 0.2) is 0 Å². The number of nitrogens with zero attached hydrogens (tertiary/aromatic N) is 2. The number of nitrogens with one attached hydrogen (secondary N) is 3. The minimum atomic E-state index is -0.620. The van der Waals surface area contributed by atoms with E-state index in [2.05, 4.69) is 20.7 Å². The number of amides is 5. The maximum absolute atomic E-state index is 13.5. The lowest BCUT2D eigenvalue weighted by molar-refractivity contribution is -0.139. The molecule has 12 heteroatoms. The number of para-hydroxylation sites is 2. The number of ether oxygens (including phenoxy) is 1. The third kappa shape index (κ3) is 10.2. The monoisotopic (exact) mass is 667 g/mol. The molecule has 48 heavy (non-hydrogen) atoms. The maximum Gasteiger partial charge on any atom is 0.319 e. The standard InChI is InChI=1S/C36H37N5O6S/c1-40(27-14-6-4-7-15-27)33(43)22-29-30(18-11-19-31(29)48-24-34(44)41(2)28-16-8-5-9-17-28)39-32(42)23-37-36(46)38-26-13-10-12-25(20-26)21-35(45)47-3/h4-20H,21-24H2,1-3H3,(H,39,42)(H2,37,38,46). The number of rotatable bonds is 13. The first-order chi connectivity index (χ1) is 23.1. The fraction of sp³-hybridized carbons (Fsp3) is 0.194. The zero-order chi connectivity index (χ0) is 34.5. The van der Waals surface area contributed by atoms with Crippen LogP contribution in [0.5, 0.6) is 0 Å². The summed E-state index contributed by atoms with van der Waals surface area (Å²) in [4.78, 5) is 67.5. The van der Waals surface area contributed by atoms with Crippen molar-refractivity contribution in [3.63, 3.8) is 0 Å². The Balaban J connectivity index is 1.45. The van der Waals surface area contributed by atoms with E-state index >= 15 is 0 Å². The Labute approximate surface area is 283 Å². The summed E-state index contributed by atoms with van der Waals surface area (Å²) in [7, 11) is 4.68. The molecule has 0 aliphatic rings. The van der Waals surface area contributed by atoms with Crippen molar-refractivity contribution in [1.82, 2.24) is 5.32 Å². The van der Waals surface area contributed by atoms with Crippen LogP contribution in [0.2, 0.25) is 0 Å². The van der Waals surface area contributed by atoms with Crippen LogP contribution in [0.1, 0.15) is 11.1 Å². The second-order valence-electron chi connectivity index (χ2n) is 10.6. The van der Waals surface area contributed by atoms with E-state index in [1.165, 1.54) is 23.8 Å². The summed E-state index contributed by atoms with van der Waals surface area (Å²) >= 11 is 1.27. The van der Waals surface area contributed by atoms with Gasteiger partial charge in [0, 0.05) is 41.7 Å². The number of carbonyl (C=O) groups excluding carboxylic acids is 5. The highest BCUT2D eigenvalue weighted by atomic mass is 32.2. The van der Waals surface area contributed by atoms with Gasteiger partial charge < -0.3 is 30.5 Å². The molecule has 11 nitrogen and oxygen atoms in total. The molecule has 0 radical (unpaired) electrons. The van der Waals surface area contributed by atoms with Crippen LogP contribution in [0, 0.1) is 0 Å². The molecular formula is C36H37N5O6S. The van der Waals surface area contributed by atoms with Gasteiger partial charge in [0.25, 0.3) is 0 Å². The maximum atomic E-state index is 13.5. The Morgan fingerprint density at radius 1 is 0.708 bits per heavy atom. The van der Waals surface area contributed by atoms with E-state index in [-0.39, 0.29) is 37.0 Å². The summed E-state index contributed by atoms with van der Waals surface area (Å²) < 4.78 is 4.69. The number of hydrogen-bond donors (Lipinski definition) is 3. The van der Waals surface area contributed by atoms with Gasteiger partial charge in [0.05, 0.1) is 32.2 Å². The summed E-state index contributed by atoms with van der Waals surface area (Å²) in [6, 6.07) is 29.8. The summed E-state index contributed by atoms with van der Waals surface area (Å²) in [5, 5.41) is 7.98. The van der Waals surface area contributed by atoms with Crippen LogP contribution in [0.25, 0.3) is 0 Å². The van der Waals surface area contributed by atoms with E-state index in [4.69, 9.17) is 0 Å². The molecule has 0 unspecified atom stereocenters. The largest absolute Gasteiger partial charge is 0.469 e. The van der Waals surface area contributed by atoms with E-state index < -0.39 is 17.9 Å². The molecule has 3 N–H and O–H groups in total. The van der Waals surface area contributed by atoms with Gasteiger partial charge in [-0.1, -0.05) is 54.6 Å². The van der Waals surface area contributed by atoms with Crippen molar-refractivity contribution in [2.75, 3.05) is 53.9 Å². The summed E-state index contributed by atoms with van der Waals surface area (Å²) in [5.41, 5.74) is 3.50. The molecule has 0 bridgehead atoms. The lowest BCUT2D eigenvalue weighted by Crippen LogP contribution is -2.36. The van der Waals surface area contributed by atoms with Crippen LogP contribution in [-0.4, -0.2) is 63.2 Å². The Bertz CT molecular complexity index is 1750. The molecule has 0 atom stereocenters. The van der Waals surface area contributed by atoms with Crippen molar-refractivity contribution in [2.24, 2.45) is 0 Å². The van der Waals surface area contributed by atoms with Gasteiger partial charge in [0.2, 0.25) is 17.7 Å². The second-order valence-corrected chi connectivity index (χ2v) is 11.7. The van der Waals surface area contributed by atoms with Crippen LogP contribution in [0.4, 0.5) is 27.5 Å². The molecule has 0 aromatic heterocycles. The van der Waals surface area contributed by atoms with Crippen LogP contribution < -0.4 is 25.8 Å². The first kappa shape index (κ1) is 35.2. The molecule has 0 aliphatic carbocycles. The van der Waals surface area contributed by atoms with Crippen LogP contribution in [-0.2, 0) is 36.8 Å². The van der Waals surface area contributed by atoms with Gasteiger partial charge in [-0.2, -0.15) is 0 Å². The average molecular weight is 668 g/mol. The molecule has 5 amide bonds. The topological polar surface area (TPSA) is 137 Å². The fourth-order valence-electron chi connectivity index (χ4n) is 4.63. The number of anilines is 4. The highest BCUT2D eigenvalue weighted by molar-refractivity contribution is 8.00. The molecular weight excluding hydrogens is 630 g/mol. The first-order valence-corrected chi connectivity index (χ1v) is 16.0. The average Bonchev–Trinajstić information content (AvgIpc) is 3.10. The Morgan fingerprint density at radius 3 is 1.98 bits per heavy atom. The third-order valence-corrected chi connectivity index (χ3v) is 8.38. The summed E-state index contributed by atoms with van der Waals surface area (Å²) in [6.45, 7) is -0.358. The van der Waals surface area contributed by atoms with Gasteiger partial charge in [-0.3, -0.25) is 19.2 Å². The summed E-state index contributed by atoms with van der Waals surface area (Å²) in [5.74, 6) is -1.18. The zero-order valence-electron chi connectivity index (χ0n) is 26.9. The van der Waals surface area contributed by atoms with Crippen molar-refractivity contribution < 1.29 is 28.7 Å². The molecule has 0 heterocycles. The van der Waals surface area contributed by atoms with Crippen molar-refractivity contribution in [1.29, 1.82) is 0 Å². The van der Waals surface area contributed by atoms with E-state index in [1.54, 1.807) is 61.5 Å². The van der Waals surface area contributed by atoms with Crippen molar-refractivity contribution in [3.05, 3.63) is 114 Å². The fourth-order valence-corrected chi connectivity index (χ4v) is 5.63. The predicted molar refractivity (Wildman–Crippen MR) is 188 cm³/mol. The molecule has 0 fully saturated rings. The third-order valence-electron chi connectivity index (χ3n) is 7.29. The normalized spacial score (nSPS) is 10.4. The quantitative estimate of drug-likeness (QED) is 0.133. The van der Waals surface area contributed by atoms with Crippen molar-refractivity contribution >= 4 is 64.2 Å². The predicted octanol–water partition coefficient (Wildman–Crippen LogP) is 5.12. The molecule has 0 saturated heterocycles. The minimum absolute atomic E-state index is 0.0528. The van der Waals surface area contributed by atoms with Gasteiger partial charge in [0.1, 0.15) is 0 Å². The smallest absolute Gasteiger partial charge is 0.319 e. The van der Waals surface area contributed by atoms with Crippen LogP contribution in [0.3, 0.4) is 0 Å². The highest BCUT2D eigenvalue weighted by Gasteiger charge is 2.20. The lowest BCUT2D eigenvalue weighted by Gasteiger charge is -2.21. The highest BCUT2D eigenvalue weighted by Crippen LogP contribution is 2.31. The molecule has 4 aromatic carbocycles. The first-order valence-electron chi connectivity index (χ1n) is 15.0. The lowest BCUT2D eigenvalue weighted by atomic mass is 10.1. The van der Waals surface area contributed by atoms with E-state index in [0.717, 1.165) is 5.69 Å². The Hall–Kier alpha value is -5.62. The number of methoxy groups -OCH3 is 1. The van der Waals surface area contributed by atoms with E-state index in [9.17, 15) is 24.0 Å². The van der Waals surface area contributed by atoms with Crippen LogP contribution in [0.15, 0.2) is 108 Å². The number of thioether (sulfide) groups is 1. The van der Waals surface area contributed by atoms with Gasteiger partial charge >= 0.3 is 12.0 Å². The molecule has 0 saturated carbocycles. The van der Waals surface area contributed by atoms with Gasteiger partial charge in [-0.15, -0.1) is 11.8 Å². The number of esters is 1. The van der Waals surface area contributed by atoms with Crippen molar-refractivity contribution in [3.8, 4) is 0 Å². The Morgan fingerprint density at radius 2 is 1.33 bits per heavy atom. The number of benzene rings is 4. The molecule has 0 spiro atoms. The second kappa shape index (κ2) is 17.3. The molecule has 0 aliphatic heterocycles. The number of likely N-dealkylation sites (N-methyl/N-ethyl adjacent to an activating group) is 1. The number of urea groups is 1. The van der Waals surface area contributed by atoms with Crippen LogP contribution >= 0.6 is 11.8 Å². The number of carbonyl (C=O) groups is 5. The van der Waals surface area contributed by atoms with Gasteiger partial charge in [-0.05, 0) is 59.7 Å². The molecule has 4 rings (SSSR count). The Kier molecular flexibility index (Phi) is 12.7. The van der Waals surface area contributed by atoms with Gasteiger partial charge in [-0.25, -0.2) is 4.79 Å².